The van der Waals surface area contributed by atoms with E-state index in [1.807, 2.05) is 90.4 Å². The smallest absolute Gasteiger partial charge is 0.250 e. The van der Waals surface area contributed by atoms with Crippen LogP contribution in [0.2, 0.25) is 0 Å². The van der Waals surface area contributed by atoms with E-state index in [1.54, 1.807) is 31.8 Å². The molecule has 10 heteroatoms. The molecule has 5 aromatic rings. The first-order valence-electron chi connectivity index (χ1n) is 12.8. The lowest BCUT2D eigenvalue weighted by Gasteiger charge is -2.11. The van der Waals surface area contributed by atoms with Crippen LogP contribution in [0.4, 0.5) is 0 Å². The van der Waals surface area contributed by atoms with Gasteiger partial charge >= 0.3 is 0 Å². The topological polar surface area (TPSA) is 104 Å². The van der Waals surface area contributed by atoms with Gasteiger partial charge in [-0.2, -0.15) is 5.10 Å². The fourth-order valence-electron chi connectivity index (χ4n) is 3.94. The molecule has 0 radical (unpaired) electrons. The largest absolute Gasteiger partial charge is 0.493 e. The Labute approximate surface area is 242 Å². The van der Waals surface area contributed by atoms with Gasteiger partial charge in [0.2, 0.25) is 0 Å². The number of nitrogens with zero attached hydrogens (tertiary/aromatic N) is 5. The van der Waals surface area contributed by atoms with Crippen molar-refractivity contribution in [2.75, 3.05) is 12.9 Å². The van der Waals surface area contributed by atoms with Crippen LogP contribution in [-0.4, -0.2) is 44.7 Å². The third-order valence-corrected chi connectivity index (χ3v) is 6.95. The predicted molar refractivity (Wildman–Crippen MR) is 160 cm³/mol. The van der Waals surface area contributed by atoms with Gasteiger partial charge < -0.3 is 9.47 Å². The molecule has 5 rings (SSSR count). The zero-order chi connectivity index (χ0) is 28.4. The summed E-state index contributed by atoms with van der Waals surface area (Å²) < 4.78 is 13.3. The quantitative estimate of drug-likeness (QED) is 0.129. The Morgan fingerprint density at radius 2 is 1.76 bits per heavy atom. The summed E-state index contributed by atoms with van der Waals surface area (Å²) in [6, 6.07) is 27.2. The monoisotopic (exact) mass is 564 g/mol. The third kappa shape index (κ3) is 7.17. The van der Waals surface area contributed by atoms with Crippen LogP contribution in [0.5, 0.6) is 11.5 Å². The summed E-state index contributed by atoms with van der Waals surface area (Å²) in [6.45, 7) is 2.46. The molecule has 3 aromatic carbocycles. The summed E-state index contributed by atoms with van der Waals surface area (Å²) in [5.74, 6) is 1.70. The Morgan fingerprint density at radius 1 is 0.976 bits per heavy atom. The Morgan fingerprint density at radius 3 is 2.51 bits per heavy atom. The molecule has 0 saturated carbocycles. The molecule has 0 aliphatic heterocycles. The fourth-order valence-corrected chi connectivity index (χ4v) is 4.68. The van der Waals surface area contributed by atoms with E-state index < -0.39 is 0 Å². The molecule has 0 spiro atoms. The second-order valence-electron chi connectivity index (χ2n) is 8.98. The molecule has 0 aliphatic rings. The second-order valence-corrected chi connectivity index (χ2v) is 9.92. The number of pyridine rings is 1. The van der Waals surface area contributed by atoms with Crippen molar-refractivity contribution in [3.05, 3.63) is 114 Å². The first-order valence-corrected chi connectivity index (χ1v) is 13.8. The van der Waals surface area contributed by atoms with Crippen LogP contribution in [0.1, 0.15) is 16.7 Å². The predicted octanol–water partition coefficient (Wildman–Crippen LogP) is 5.47. The molecule has 0 bridgehead atoms. The fraction of sp³-hybridized carbons (Fsp3) is 0.129. The number of hydrogen-bond donors (Lipinski definition) is 1. The minimum Gasteiger partial charge on any atom is -0.493 e. The van der Waals surface area contributed by atoms with E-state index >= 15 is 0 Å². The van der Waals surface area contributed by atoms with Gasteiger partial charge in [-0.1, -0.05) is 59.8 Å². The molecule has 0 aliphatic carbocycles. The van der Waals surface area contributed by atoms with E-state index in [0.29, 0.717) is 29.1 Å². The first kappa shape index (κ1) is 27.6. The maximum absolute atomic E-state index is 12.6. The number of amides is 1. The minimum atomic E-state index is -0.273. The number of nitrogens with one attached hydrogen (secondary N) is 1. The molecular formula is C31H28N6O3S. The van der Waals surface area contributed by atoms with Gasteiger partial charge in [-0.25, -0.2) is 5.43 Å². The van der Waals surface area contributed by atoms with Gasteiger partial charge in [0.25, 0.3) is 5.91 Å². The van der Waals surface area contributed by atoms with Crippen molar-refractivity contribution in [1.82, 2.24) is 25.2 Å². The normalized spacial score (nSPS) is 11.0. The van der Waals surface area contributed by atoms with Gasteiger partial charge in [-0.05, 0) is 60.5 Å². The Hall–Kier alpha value is -4.96. The van der Waals surface area contributed by atoms with Crippen molar-refractivity contribution < 1.29 is 14.3 Å². The number of ether oxygens (including phenoxy) is 2. The lowest BCUT2D eigenvalue weighted by atomic mass is 10.2. The zero-order valence-corrected chi connectivity index (χ0v) is 23.4. The summed E-state index contributed by atoms with van der Waals surface area (Å²) in [5.41, 5.74) is 7.31. The van der Waals surface area contributed by atoms with E-state index in [2.05, 4.69) is 25.7 Å². The van der Waals surface area contributed by atoms with E-state index in [9.17, 15) is 4.79 Å². The number of methoxy groups -OCH3 is 1. The van der Waals surface area contributed by atoms with E-state index in [4.69, 9.17) is 9.47 Å². The maximum atomic E-state index is 12.6. The molecule has 0 unspecified atom stereocenters. The second kappa shape index (κ2) is 13.4. The number of carbonyl (C=O) groups excluding carboxylic acids is 1. The number of carbonyl (C=O) groups is 1. The summed E-state index contributed by atoms with van der Waals surface area (Å²) >= 11 is 1.28. The van der Waals surface area contributed by atoms with Gasteiger partial charge in [0.15, 0.2) is 22.5 Å². The molecule has 0 fully saturated rings. The summed E-state index contributed by atoms with van der Waals surface area (Å²) in [4.78, 5) is 16.7. The van der Waals surface area contributed by atoms with Crippen molar-refractivity contribution in [2.24, 2.45) is 5.10 Å². The van der Waals surface area contributed by atoms with Crippen molar-refractivity contribution >= 4 is 23.9 Å². The van der Waals surface area contributed by atoms with Crippen molar-refractivity contribution in [3.8, 4) is 28.6 Å². The molecule has 1 amide bonds. The number of benzene rings is 3. The number of hydrazone groups is 1. The Balaban J connectivity index is 1.22. The van der Waals surface area contributed by atoms with Crippen LogP contribution < -0.4 is 14.9 Å². The highest BCUT2D eigenvalue weighted by Crippen LogP contribution is 2.29. The highest BCUT2D eigenvalue weighted by atomic mass is 32.2. The van der Waals surface area contributed by atoms with Crippen molar-refractivity contribution in [3.63, 3.8) is 0 Å². The highest BCUT2D eigenvalue weighted by molar-refractivity contribution is 7.99. The Kier molecular flexibility index (Phi) is 9.02. The number of thioether (sulfide) groups is 1. The van der Waals surface area contributed by atoms with Crippen molar-refractivity contribution in [2.45, 2.75) is 18.7 Å². The van der Waals surface area contributed by atoms with Crippen molar-refractivity contribution in [1.29, 1.82) is 0 Å². The van der Waals surface area contributed by atoms with E-state index in [0.717, 1.165) is 27.9 Å². The third-order valence-electron chi connectivity index (χ3n) is 6.02. The zero-order valence-electron chi connectivity index (χ0n) is 22.6. The van der Waals surface area contributed by atoms with Crippen LogP contribution in [0.25, 0.3) is 17.1 Å². The molecule has 9 nitrogen and oxygen atoms in total. The van der Waals surface area contributed by atoms with Crippen LogP contribution in [0.15, 0.2) is 108 Å². The van der Waals surface area contributed by atoms with E-state index in [1.165, 1.54) is 11.8 Å². The number of aromatic nitrogens is 4. The molecule has 2 heterocycles. The van der Waals surface area contributed by atoms with E-state index in [-0.39, 0.29) is 11.7 Å². The van der Waals surface area contributed by atoms with Gasteiger partial charge in [0, 0.05) is 23.6 Å². The highest BCUT2D eigenvalue weighted by Gasteiger charge is 2.17. The minimum absolute atomic E-state index is 0.104. The van der Waals surface area contributed by atoms with Crippen LogP contribution in [-0.2, 0) is 11.4 Å². The van der Waals surface area contributed by atoms with Gasteiger partial charge in [0.1, 0.15) is 6.61 Å². The average Bonchev–Trinajstić information content (AvgIpc) is 3.44. The molecule has 1 N–H and O–H groups in total. The number of rotatable bonds is 11. The molecule has 41 heavy (non-hydrogen) atoms. The Bertz CT molecular complexity index is 1620. The number of hydrogen-bond acceptors (Lipinski definition) is 8. The van der Waals surface area contributed by atoms with Crippen LogP contribution in [0, 0.1) is 6.92 Å². The molecule has 0 atom stereocenters. The average molecular weight is 565 g/mol. The maximum Gasteiger partial charge on any atom is 0.250 e. The van der Waals surface area contributed by atoms with Crippen LogP contribution >= 0.6 is 11.8 Å². The first-order chi connectivity index (χ1) is 20.1. The summed E-state index contributed by atoms with van der Waals surface area (Å²) in [5, 5.41) is 13.5. The van der Waals surface area contributed by atoms with Gasteiger partial charge in [0.05, 0.1) is 19.1 Å². The van der Waals surface area contributed by atoms with Gasteiger partial charge in [-0.15, -0.1) is 10.2 Å². The lowest BCUT2D eigenvalue weighted by molar-refractivity contribution is -0.118. The standard InChI is InChI=1S/C31H28N6O3S/c1-22-8-11-26(12-9-22)37-30(25-14-16-32-17-15-25)35-36-31(37)41-21-29(38)34-33-19-24-10-13-27(28(18-24)39-2)40-20-23-6-4-3-5-7-23/h3-19H,20-21H2,1-2H3,(H,34,38). The molecular weight excluding hydrogens is 536 g/mol. The summed E-state index contributed by atoms with van der Waals surface area (Å²) in [7, 11) is 1.58. The molecule has 0 saturated heterocycles. The molecule has 206 valence electrons. The SMILES string of the molecule is COc1cc(C=NNC(=O)CSc2nnc(-c3ccncc3)n2-c2ccc(C)cc2)ccc1OCc1ccccc1. The number of aryl methyl sites for hydroxylation is 1. The molecule has 2 aromatic heterocycles. The summed E-state index contributed by atoms with van der Waals surface area (Å²) in [6.07, 6.45) is 4.98. The lowest BCUT2D eigenvalue weighted by Crippen LogP contribution is -2.20. The van der Waals surface area contributed by atoms with Crippen LogP contribution in [0.3, 0.4) is 0 Å². The van der Waals surface area contributed by atoms with Gasteiger partial charge in [-0.3, -0.25) is 14.3 Å².